The molecule has 1 aliphatic heterocycles. The van der Waals surface area contributed by atoms with E-state index < -0.39 is 18.0 Å². The standard InChI is InChI=1S/C23H31F2N9O/c1-26-15-3-5-16(6-4-15)34-14-18(20(30-34)21(24)25)28-23(35)17-13-27-33-8-7-19(29-22(17)33)32-11-9-31(2)10-12-32/h7-8,13-16,21,26H,3-6,9-12H2,1-2H3,(H,28,35)/t15-,16-. The molecule has 0 spiro atoms. The molecule has 12 heteroatoms. The van der Waals surface area contributed by atoms with E-state index in [0.29, 0.717) is 11.7 Å². The Morgan fingerprint density at radius 1 is 1.14 bits per heavy atom. The molecule has 2 fully saturated rings. The number of piperazine rings is 1. The van der Waals surface area contributed by atoms with Gasteiger partial charge in [-0.2, -0.15) is 10.2 Å². The smallest absolute Gasteiger partial charge is 0.284 e. The first-order valence-electron chi connectivity index (χ1n) is 12.1. The van der Waals surface area contributed by atoms with Gasteiger partial charge in [-0.3, -0.25) is 9.48 Å². The van der Waals surface area contributed by atoms with Crippen molar-refractivity contribution >= 4 is 23.1 Å². The molecule has 35 heavy (non-hydrogen) atoms. The van der Waals surface area contributed by atoms with Crippen LogP contribution < -0.4 is 15.5 Å². The zero-order chi connectivity index (χ0) is 24.5. The van der Waals surface area contributed by atoms with Crippen LogP contribution in [0, 0.1) is 0 Å². The first kappa shape index (κ1) is 23.6. The fourth-order valence-electron chi connectivity index (χ4n) is 4.90. The second-order valence-electron chi connectivity index (χ2n) is 9.36. The summed E-state index contributed by atoms with van der Waals surface area (Å²) in [7, 11) is 4.02. The van der Waals surface area contributed by atoms with Crippen LogP contribution in [-0.4, -0.2) is 81.5 Å². The first-order valence-corrected chi connectivity index (χ1v) is 12.1. The molecule has 2 N–H and O–H groups in total. The van der Waals surface area contributed by atoms with Crippen molar-refractivity contribution in [3.8, 4) is 0 Å². The van der Waals surface area contributed by atoms with Crippen LogP contribution in [0.15, 0.2) is 24.7 Å². The average Bonchev–Trinajstić information content (AvgIpc) is 3.49. The monoisotopic (exact) mass is 487 g/mol. The van der Waals surface area contributed by atoms with E-state index in [1.807, 2.05) is 13.1 Å². The summed E-state index contributed by atoms with van der Waals surface area (Å²) in [5.41, 5.74) is 0.214. The van der Waals surface area contributed by atoms with Gasteiger partial charge in [0, 0.05) is 44.6 Å². The van der Waals surface area contributed by atoms with Crippen LogP contribution in [-0.2, 0) is 0 Å². The summed E-state index contributed by atoms with van der Waals surface area (Å²) in [6.07, 6.45) is 5.50. The van der Waals surface area contributed by atoms with Gasteiger partial charge in [-0.25, -0.2) is 18.3 Å². The minimum absolute atomic E-state index is 0.0234. The zero-order valence-corrected chi connectivity index (χ0v) is 20.0. The summed E-state index contributed by atoms with van der Waals surface area (Å²) in [5.74, 6) is 0.224. The molecule has 1 saturated heterocycles. The number of alkyl halides is 2. The number of nitrogens with one attached hydrogen (secondary N) is 2. The molecule has 1 amide bonds. The van der Waals surface area contributed by atoms with Gasteiger partial charge in [0.15, 0.2) is 11.3 Å². The van der Waals surface area contributed by atoms with Crippen LogP contribution in [0.4, 0.5) is 20.3 Å². The van der Waals surface area contributed by atoms with E-state index in [1.165, 1.54) is 16.9 Å². The fraction of sp³-hybridized carbons (Fsp3) is 0.565. The Hall–Kier alpha value is -3.12. The van der Waals surface area contributed by atoms with E-state index in [4.69, 9.17) is 0 Å². The van der Waals surface area contributed by atoms with Crippen LogP contribution in [0.5, 0.6) is 0 Å². The number of carbonyl (C=O) groups excluding carboxylic acids is 1. The van der Waals surface area contributed by atoms with E-state index in [0.717, 1.165) is 57.7 Å². The Labute approximate surface area is 202 Å². The summed E-state index contributed by atoms with van der Waals surface area (Å²) in [6.45, 7) is 3.53. The Kier molecular flexibility index (Phi) is 6.65. The molecule has 188 valence electrons. The van der Waals surface area contributed by atoms with Crippen LogP contribution >= 0.6 is 0 Å². The van der Waals surface area contributed by atoms with Crippen molar-refractivity contribution in [2.24, 2.45) is 0 Å². The normalized spacial score (nSPS) is 21.7. The molecule has 0 radical (unpaired) electrons. The van der Waals surface area contributed by atoms with Crippen molar-refractivity contribution in [3.63, 3.8) is 0 Å². The second-order valence-corrected chi connectivity index (χ2v) is 9.36. The van der Waals surface area contributed by atoms with Crippen LogP contribution in [0.3, 0.4) is 0 Å². The van der Waals surface area contributed by atoms with Gasteiger partial charge in [0.2, 0.25) is 0 Å². The maximum absolute atomic E-state index is 13.8. The third-order valence-corrected chi connectivity index (χ3v) is 7.12. The molecule has 4 heterocycles. The fourth-order valence-corrected chi connectivity index (χ4v) is 4.90. The predicted octanol–water partition coefficient (Wildman–Crippen LogP) is 2.57. The van der Waals surface area contributed by atoms with Crippen molar-refractivity contribution in [1.29, 1.82) is 0 Å². The highest BCUT2D eigenvalue weighted by Crippen LogP contribution is 2.33. The van der Waals surface area contributed by atoms with Gasteiger partial charge >= 0.3 is 0 Å². The number of nitrogens with zero attached hydrogens (tertiary/aromatic N) is 7. The lowest BCUT2D eigenvalue weighted by atomic mass is 9.91. The minimum atomic E-state index is -2.80. The molecule has 2 aliphatic rings. The SMILES string of the molecule is CN[C@H]1CC[C@H](n2cc(NC(=O)c3cnn4ccc(N5CCN(C)CC5)nc34)c(C(F)F)n2)CC1. The van der Waals surface area contributed by atoms with Gasteiger partial charge in [-0.15, -0.1) is 0 Å². The van der Waals surface area contributed by atoms with E-state index in [2.05, 4.69) is 42.7 Å². The number of anilines is 2. The van der Waals surface area contributed by atoms with Crippen LogP contribution in [0.2, 0.25) is 0 Å². The molecule has 0 bridgehead atoms. The molecule has 3 aromatic heterocycles. The summed E-state index contributed by atoms with van der Waals surface area (Å²) in [5, 5.41) is 14.3. The number of hydrogen-bond acceptors (Lipinski definition) is 7. The first-order chi connectivity index (χ1) is 16.9. The van der Waals surface area contributed by atoms with Gasteiger partial charge < -0.3 is 20.4 Å². The topological polar surface area (TPSA) is 95.6 Å². The number of rotatable bonds is 6. The summed E-state index contributed by atoms with van der Waals surface area (Å²) in [6, 6.07) is 2.34. The summed E-state index contributed by atoms with van der Waals surface area (Å²) in [4.78, 5) is 22.2. The van der Waals surface area contributed by atoms with Crippen molar-refractivity contribution in [1.82, 2.24) is 34.6 Å². The lowest BCUT2D eigenvalue weighted by Gasteiger charge is -2.33. The predicted molar refractivity (Wildman–Crippen MR) is 128 cm³/mol. The van der Waals surface area contributed by atoms with Gasteiger partial charge in [0.25, 0.3) is 12.3 Å². The van der Waals surface area contributed by atoms with Gasteiger partial charge in [-0.05, 0) is 45.8 Å². The average molecular weight is 488 g/mol. The maximum Gasteiger partial charge on any atom is 0.284 e. The number of likely N-dealkylation sites (N-methyl/N-ethyl adjacent to an activating group) is 1. The van der Waals surface area contributed by atoms with Crippen molar-refractivity contribution in [3.05, 3.63) is 35.9 Å². The largest absolute Gasteiger partial charge is 0.354 e. The molecular formula is C23H31F2N9O. The number of halogens is 2. The summed E-state index contributed by atoms with van der Waals surface area (Å²) >= 11 is 0. The zero-order valence-electron chi connectivity index (χ0n) is 20.0. The lowest BCUT2D eigenvalue weighted by molar-refractivity contribution is 0.102. The Bertz CT molecular complexity index is 1180. The highest BCUT2D eigenvalue weighted by molar-refractivity contribution is 6.08. The quantitative estimate of drug-likeness (QED) is 0.552. The molecule has 0 aromatic carbocycles. The lowest BCUT2D eigenvalue weighted by Crippen LogP contribution is -2.44. The van der Waals surface area contributed by atoms with E-state index in [-0.39, 0.29) is 17.3 Å². The molecule has 1 saturated carbocycles. The molecule has 0 atom stereocenters. The Morgan fingerprint density at radius 2 is 1.89 bits per heavy atom. The van der Waals surface area contributed by atoms with Crippen LogP contribution in [0.1, 0.15) is 54.2 Å². The molecule has 0 unspecified atom stereocenters. The molecule has 1 aliphatic carbocycles. The Balaban J connectivity index is 1.37. The highest BCUT2D eigenvalue weighted by Gasteiger charge is 2.27. The second kappa shape index (κ2) is 9.86. The molecule has 5 rings (SSSR count). The van der Waals surface area contributed by atoms with Gasteiger partial charge in [-0.1, -0.05) is 0 Å². The number of hydrogen-bond donors (Lipinski definition) is 2. The van der Waals surface area contributed by atoms with Crippen molar-refractivity contribution < 1.29 is 13.6 Å². The maximum atomic E-state index is 13.8. The van der Waals surface area contributed by atoms with Crippen molar-refractivity contribution in [2.45, 2.75) is 44.2 Å². The van der Waals surface area contributed by atoms with Crippen LogP contribution in [0.25, 0.3) is 5.65 Å². The van der Waals surface area contributed by atoms with Crippen molar-refractivity contribution in [2.75, 3.05) is 50.5 Å². The number of aromatic nitrogens is 5. The highest BCUT2D eigenvalue weighted by atomic mass is 19.3. The third-order valence-electron chi connectivity index (χ3n) is 7.12. The summed E-state index contributed by atoms with van der Waals surface area (Å²) < 4.78 is 30.7. The number of carbonyl (C=O) groups is 1. The van der Waals surface area contributed by atoms with E-state index in [9.17, 15) is 13.6 Å². The number of fused-ring (bicyclic) bond motifs is 1. The van der Waals surface area contributed by atoms with E-state index >= 15 is 0 Å². The number of amides is 1. The third kappa shape index (κ3) is 4.85. The minimum Gasteiger partial charge on any atom is -0.354 e. The molecule has 3 aromatic rings. The van der Waals surface area contributed by atoms with E-state index in [1.54, 1.807) is 10.9 Å². The van der Waals surface area contributed by atoms with Gasteiger partial charge in [0.1, 0.15) is 11.4 Å². The molecule has 10 nitrogen and oxygen atoms in total. The van der Waals surface area contributed by atoms with Gasteiger partial charge in [0.05, 0.1) is 17.9 Å². The molecular weight excluding hydrogens is 456 g/mol. The Morgan fingerprint density at radius 3 is 2.57 bits per heavy atom.